The number of nitriles is 2. The Morgan fingerprint density at radius 3 is 2.29 bits per heavy atom. The Morgan fingerprint density at radius 1 is 1.07 bits per heavy atom. The van der Waals surface area contributed by atoms with Crippen molar-refractivity contribution < 1.29 is 13.2 Å². The second-order valence-corrected chi connectivity index (χ2v) is 12.6. The van der Waals surface area contributed by atoms with E-state index in [1.807, 2.05) is 18.4 Å². The number of carbonyl (C=O) groups excluding carboxylic acids is 1. The van der Waals surface area contributed by atoms with Crippen molar-refractivity contribution in [3.05, 3.63) is 70.4 Å². The number of nitrogens with zero attached hydrogens (tertiary/aromatic N) is 5. The van der Waals surface area contributed by atoms with Crippen LogP contribution in [0.4, 0.5) is 17.5 Å². The van der Waals surface area contributed by atoms with Crippen LogP contribution in [0.3, 0.4) is 0 Å². The number of amides is 1. The number of carbonyl (C=O) groups is 1. The van der Waals surface area contributed by atoms with Gasteiger partial charge in [0.15, 0.2) is 0 Å². The molecule has 4 N–H and O–H groups in total. The van der Waals surface area contributed by atoms with Crippen LogP contribution in [0.5, 0.6) is 0 Å². The smallest absolute Gasteiger partial charge is 0.264 e. The van der Waals surface area contributed by atoms with Crippen molar-refractivity contribution in [2.75, 3.05) is 15.8 Å². The van der Waals surface area contributed by atoms with E-state index in [0.29, 0.717) is 33.9 Å². The van der Waals surface area contributed by atoms with Crippen molar-refractivity contribution in [3.63, 3.8) is 0 Å². The van der Waals surface area contributed by atoms with Gasteiger partial charge in [-0.05, 0) is 62.0 Å². The normalized spacial score (nSPS) is 11.7. The van der Waals surface area contributed by atoms with Crippen LogP contribution in [-0.4, -0.2) is 34.5 Å². The molecular weight excluding hydrogens is 581 g/mol. The third kappa shape index (κ3) is 6.63. The average Bonchev–Trinajstić information content (AvgIpc) is 3.45. The topological polar surface area (TPSA) is 188 Å². The minimum atomic E-state index is -3.96. The second kappa shape index (κ2) is 12.3. The van der Waals surface area contributed by atoms with Gasteiger partial charge in [-0.25, -0.2) is 28.1 Å². The third-order valence-electron chi connectivity index (χ3n) is 5.74. The summed E-state index contributed by atoms with van der Waals surface area (Å²) in [5.41, 5.74) is 8.38. The highest BCUT2D eigenvalue weighted by Crippen LogP contribution is 2.39. The van der Waals surface area contributed by atoms with Crippen molar-refractivity contribution in [1.29, 1.82) is 10.5 Å². The summed E-state index contributed by atoms with van der Waals surface area (Å²) in [5.74, 6) is -0.427. The highest BCUT2D eigenvalue weighted by Gasteiger charge is 2.26. The summed E-state index contributed by atoms with van der Waals surface area (Å²) in [5, 5.41) is 23.8. The molecule has 1 atom stereocenters. The molecule has 0 spiro atoms. The standard InChI is InChI=1S/C27H24N8O3S3/c1-4-21(40-26-20(14-29)23(22-6-5-11-39-22)19(13-28)24(30)34-26)25(36)33-17-7-9-18(10-8-17)41(37,38)35-27-31-15(2)12-16(3)32-27/h5-12,21H,4H2,1-3H3,(H2,30,34)(H,33,36)(H,31,32,35). The van der Waals surface area contributed by atoms with Gasteiger partial charge in [-0.3, -0.25) is 4.79 Å². The lowest BCUT2D eigenvalue weighted by molar-refractivity contribution is -0.115. The highest BCUT2D eigenvalue weighted by molar-refractivity contribution is 8.00. The van der Waals surface area contributed by atoms with Crippen LogP contribution < -0.4 is 15.8 Å². The van der Waals surface area contributed by atoms with Crippen LogP contribution in [0.25, 0.3) is 10.4 Å². The van der Waals surface area contributed by atoms with E-state index in [4.69, 9.17) is 5.73 Å². The molecule has 0 aliphatic rings. The molecule has 14 heteroatoms. The fourth-order valence-electron chi connectivity index (χ4n) is 3.90. The summed E-state index contributed by atoms with van der Waals surface area (Å²) in [7, 11) is -3.96. The number of hydrogen-bond donors (Lipinski definition) is 3. The first-order valence-corrected chi connectivity index (χ1v) is 15.4. The van der Waals surface area contributed by atoms with Gasteiger partial charge < -0.3 is 11.1 Å². The van der Waals surface area contributed by atoms with E-state index in [9.17, 15) is 23.7 Å². The van der Waals surface area contributed by atoms with E-state index < -0.39 is 15.3 Å². The minimum Gasteiger partial charge on any atom is -0.383 e. The molecule has 0 radical (unpaired) electrons. The molecule has 0 aliphatic carbocycles. The van der Waals surface area contributed by atoms with Crippen molar-refractivity contribution in [2.24, 2.45) is 0 Å². The van der Waals surface area contributed by atoms with Crippen LogP contribution in [0.2, 0.25) is 0 Å². The monoisotopic (exact) mass is 604 g/mol. The number of anilines is 3. The summed E-state index contributed by atoms with van der Waals surface area (Å²) >= 11 is 2.43. The Morgan fingerprint density at radius 2 is 1.73 bits per heavy atom. The van der Waals surface area contributed by atoms with Crippen molar-refractivity contribution in [2.45, 2.75) is 42.4 Å². The van der Waals surface area contributed by atoms with Gasteiger partial charge in [-0.1, -0.05) is 24.8 Å². The van der Waals surface area contributed by atoms with Crippen LogP contribution in [-0.2, 0) is 14.8 Å². The maximum atomic E-state index is 13.2. The van der Waals surface area contributed by atoms with E-state index in [1.165, 1.54) is 35.6 Å². The summed E-state index contributed by atoms with van der Waals surface area (Å²) < 4.78 is 28.0. The van der Waals surface area contributed by atoms with Gasteiger partial charge in [0.2, 0.25) is 11.9 Å². The number of aromatic nitrogens is 3. The number of thioether (sulfide) groups is 1. The lowest BCUT2D eigenvalue weighted by Gasteiger charge is -2.17. The number of aryl methyl sites for hydroxylation is 2. The number of hydrogen-bond acceptors (Lipinski definition) is 11. The molecule has 0 aliphatic heterocycles. The van der Waals surface area contributed by atoms with E-state index in [-0.39, 0.29) is 38.7 Å². The number of thiophene rings is 1. The fourth-order valence-corrected chi connectivity index (χ4v) is 6.64. The van der Waals surface area contributed by atoms with Gasteiger partial charge in [-0.2, -0.15) is 10.5 Å². The Labute approximate surface area is 245 Å². The van der Waals surface area contributed by atoms with Crippen LogP contribution in [0.1, 0.15) is 35.9 Å². The number of rotatable bonds is 9. The Balaban J connectivity index is 1.53. The number of nitrogen functional groups attached to an aromatic ring is 1. The maximum Gasteiger partial charge on any atom is 0.264 e. The molecule has 1 unspecified atom stereocenters. The number of nitrogens with two attached hydrogens (primary N) is 1. The summed E-state index contributed by atoms with van der Waals surface area (Å²) in [6, 6.07) is 15.1. The number of nitrogens with one attached hydrogen (secondary N) is 2. The average molecular weight is 605 g/mol. The van der Waals surface area contributed by atoms with Crippen molar-refractivity contribution in [1.82, 2.24) is 15.0 Å². The SMILES string of the molecule is CCC(Sc1nc(N)c(C#N)c(-c2cccs2)c1C#N)C(=O)Nc1ccc(S(=O)(=O)Nc2nc(C)cc(C)n2)cc1. The second-order valence-electron chi connectivity index (χ2n) is 8.74. The molecule has 3 heterocycles. The Kier molecular flexibility index (Phi) is 8.88. The first-order chi connectivity index (χ1) is 19.6. The Hall–Kier alpha value is -4.50. The van der Waals surface area contributed by atoms with Gasteiger partial charge in [0.1, 0.15) is 28.5 Å². The van der Waals surface area contributed by atoms with Crippen LogP contribution in [0, 0.1) is 36.5 Å². The lowest BCUT2D eigenvalue weighted by Crippen LogP contribution is -2.25. The number of sulfonamides is 1. The van der Waals surface area contributed by atoms with Crippen LogP contribution in [0.15, 0.2) is 57.8 Å². The maximum absolute atomic E-state index is 13.2. The van der Waals surface area contributed by atoms with Gasteiger partial charge >= 0.3 is 0 Å². The predicted molar refractivity (Wildman–Crippen MR) is 159 cm³/mol. The predicted octanol–water partition coefficient (Wildman–Crippen LogP) is 4.85. The molecule has 0 fully saturated rings. The molecule has 1 amide bonds. The highest BCUT2D eigenvalue weighted by atomic mass is 32.2. The summed E-state index contributed by atoms with van der Waals surface area (Å²) in [6.07, 6.45) is 0.392. The zero-order valence-electron chi connectivity index (χ0n) is 22.2. The molecule has 208 valence electrons. The molecule has 0 saturated carbocycles. The third-order valence-corrected chi connectivity index (χ3v) is 9.32. The molecule has 3 aromatic heterocycles. The van der Waals surface area contributed by atoms with E-state index in [1.54, 1.807) is 32.0 Å². The zero-order valence-corrected chi connectivity index (χ0v) is 24.6. The van der Waals surface area contributed by atoms with Gasteiger partial charge in [0, 0.05) is 27.5 Å². The van der Waals surface area contributed by atoms with E-state index >= 15 is 0 Å². The minimum absolute atomic E-state index is 0.0238. The molecule has 0 saturated heterocycles. The molecule has 0 bridgehead atoms. The zero-order chi connectivity index (χ0) is 29.7. The quantitative estimate of drug-likeness (QED) is 0.223. The molecule has 1 aromatic carbocycles. The first-order valence-electron chi connectivity index (χ1n) is 12.2. The molecule has 4 rings (SSSR count). The molecule has 11 nitrogen and oxygen atoms in total. The number of pyridine rings is 1. The van der Waals surface area contributed by atoms with Gasteiger partial charge in [0.05, 0.1) is 15.7 Å². The van der Waals surface area contributed by atoms with E-state index in [0.717, 1.165) is 11.8 Å². The lowest BCUT2D eigenvalue weighted by atomic mass is 10.0. The molecular formula is C27H24N8O3S3. The van der Waals surface area contributed by atoms with Gasteiger partial charge in [-0.15, -0.1) is 11.3 Å². The fraction of sp³-hybridized carbons (Fsp3) is 0.185. The first kappa shape index (κ1) is 29.5. The largest absolute Gasteiger partial charge is 0.383 e. The molecule has 4 aromatic rings. The molecule has 41 heavy (non-hydrogen) atoms. The Bertz CT molecular complexity index is 1770. The van der Waals surface area contributed by atoms with Gasteiger partial charge in [0.25, 0.3) is 10.0 Å². The summed E-state index contributed by atoms with van der Waals surface area (Å²) in [6.45, 7) is 5.29. The van der Waals surface area contributed by atoms with Crippen molar-refractivity contribution in [3.8, 4) is 22.6 Å². The van der Waals surface area contributed by atoms with E-state index in [2.05, 4.69) is 31.1 Å². The van der Waals surface area contributed by atoms with Crippen molar-refractivity contribution >= 4 is 56.5 Å². The van der Waals surface area contributed by atoms with Crippen LogP contribution >= 0.6 is 23.1 Å². The summed E-state index contributed by atoms with van der Waals surface area (Å²) in [4.78, 5) is 26.3. The number of benzene rings is 1.